The van der Waals surface area contributed by atoms with Crippen molar-refractivity contribution in [2.75, 3.05) is 4.90 Å². The molecule has 0 unspecified atom stereocenters. The van der Waals surface area contributed by atoms with E-state index < -0.39 is 5.41 Å². The van der Waals surface area contributed by atoms with Crippen LogP contribution in [0.1, 0.15) is 47.2 Å². The van der Waals surface area contributed by atoms with Crippen molar-refractivity contribution in [3.8, 4) is 22.3 Å². The third kappa shape index (κ3) is 4.63. The van der Waals surface area contributed by atoms with Gasteiger partial charge in [-0.15, -0.1) is 0 Å². The first-order valence-electron chi connectivity index (χ1n) is 21.2. The predicted octanol–water partition coefficient (Wildman–Crippen LogP) is 15.6. The van der Waals surface area contributed by atoms with Crippen LogP contribution in [-0.4, -0.2) is 0 Å². The number of hydrogen-bond acceptors (Lipinski definition) is 3. The van der Waals surface area contributed by atoms with Crippen LogP contribution in [-0.2, 0) is 10.8 Å². The van der Waals surface area contributed by atoms with Crippen molar-refractivity contribution < 1.29 is 8.83 Å². The van der Waals surface area contributed by atoms with Crippen LogP contribution < -0.4 is 4.90 Å². The van der Waals surface area contributed by atoms with Crippen LogP contribution in [0.4, 0.5) is 17.1 Å². The predicted molar refractivity (Wildman–Crippen MR) is 251 cm³/mol. The maximum Gasteiger partial charge on any atom is 0.137 e. The highest BCUT2D eigenvalue weighted by atomic mass is 16.3. The summed E-state index contributed by atoms with van der Waals surface area (Å²) < 4.78 is 13.2. The van der Waals surface area contributed by atoms with E-state index in [1.54, 1.807) is 0 Å². The highest BCUT2D eigenvalue weighted by molar-refractivity contribution is 6.09. The van der Waals surface area contributed by atoms with Gasteiger partial charge >= 0.3 is 0 Å². The van der Waals surface area contributed by atoms with Crippen LogP contribution in [0.3, 0.4) is 0 Å². The minimum absolute atomic E-state index is 0.223. The summed E-state index contributed by atoms with van der Waals surface area (Å²) in [6.45, 7) is 4.71. The summed E-state index contributed by atoms with van der Waals surface area (Å²) in [5, 5.41) is 4.39. The van der Waals surface area contributed by atoms with Crippen LogP contribution >= 0.6 is 0 Å². The molecule has 0 atom stereocenters. The Kier molecular flexibility index (Phi) is 6.99. The van der Waals surface area contributed by atoms with Crippen LogP contribution in [0.2, 0.25) is 0 Å². The van der Waals surface area contributed by atoms with Crippen molar-refractivity contribution in [3.63, 3.8) is 0 Å². The molecule has 0 bridgehead atoms. The van der Waals surface area contributed by atoms with Crippen LogP contribution in [0.25, 0.3) is 66.1 Å². The molecule has 2 aliphatic carbocycles. The topological polar surface area (TPSA) is 29.5 Å². The molecule has 9 aromatic carbocycles. The van der Waals surface area contributed by atoms with Gasteiger partial charge in [0, 0.05) is 44.4 Å². The minimum Gasteiger partial charge on any atom is -0.456 e. The van der Waals surface area contributed by atoms with Crippen molar-refractivity contribution in [1.29, 1.82) is 0 Å². The number of benzene rings is 9. The van der Waals surface area contributed by atoms with Gasteiger partial charge in [-0.25, -0.2) is 0 Å². The Labute approximate surface area is 353 Å². The standard InChI is InChI=1S/C58H39NO2/c1-57(2)48-22-10-6-19-42(48)45-21-14-25-51(56(45)57)59(38-29-32-54-47(34-38)43-20-9-13-26-52(43)60-54)39-28-30-44-46-33-37(27-31-53(46)61-55(44)35-39)58(36-15-4-3-5-16-36)49-23-11-7-17-40(49)41-18-8-12-24-50(41)58/h3-35H,1-2H3. The van der Waals surface area contributed by atoms with E-state index in [-0.39, 0.29) is 5.41 Å². The molecule has 0 radical (unpaired) electrons. The molecule has 2 heterocycles. The maximum atomic E-state index is 6.87. The largest absolute Gasteiger partial charge is 0.456 e. The lowest BCUT2D eigenvalue weighted by Gasteiger charge is -2.33. The summed E-state index contributed by atoms with van der Waals surface area (Å²) in [4.78, 5) is 2.42. The molecular formula is C58H39NO2. The molecule has 3 heteroatoms. The summed E-state index contributed by atoms with van der Waals surface area (Å²) in [6.07, 6.45) is 0. The molecule has 0 fully saturated rings. The first-order chi connectivity index (χ1) is 30.0. The van der Waals surface area contributed by atoms with E-state index >= 15 is 0 Å². The Morgan fingerprint density at radius 1 is 0.361 bits per heavy atom. The first kappa shape index (κ1) is 34.3. The zero-order valence-corrected chi connectivity index (χ0v) is 33.8. The zero-order chi connectivity index (χ0) is 40.5. The molecule has 2 aromatic heterocycles. The van der Waals surface area contributed by atoms with Gasteiger partial charge in [-0.05, 0) is 110 Å². The van der Waals surface area contributed by atoms with Gasteiger partial charge in [0.1, 0.15) is 22.3 Å². The number of furan rings is 2. The van der Waals surface area contributed by atoms with Gasteiger partial charge in [0.05, 0.1) is 11.1 Å². The molecule has 3 nitrogen and oxygen atoms in total. The van der Waals surface area contributed by atoms with Crippen molar-refractivity contribution in [3.05, 3.63) is 234 Å². The Morgan fingerprint density at radius 2 is 0.902 bits per heavy atom. The van der Waals surface area contributed by atoms with Gasteiger partial charge in [0.15, 0.2) is 0 Å². The highest BCUT2D eigenvalue weighted by Crippen LogP contribution is 2.57. The molecule has 0 spiro atoms. The number of rotatable bonds is 5. The summed E-state index contributed by atoms with van der Waals surface area (Å²) in [6, 6.07) is 72.9. The second-order valence-corrected chi connectivity index (χ2v) is 17.2. The molecule has 0 aliphatic heterocycles. The molecule has 61 heavy (non-hydrogen) atoms. The molecule has 11 aromatic rings. The summed E-state index contributed by atoms with van der Waals surface area (Å²) in [5.41, 5.74) is 18.9. The van der Waals surface area contributed by atoms with Gasteiger partial charge < -0.3 is 13.7 Å². The highest BCUT2D eigenvalue weighted by Gasteiger charge is 2.46. The van der Waals surface area contributed by atoms with Gasteiger partial charge in [0.2, 0.25) is 0 Å². The van der Waals surface area contributed by atoms with Crippen molar-refractivity contribution in [2.24, 2.45) is 0 Å². The molecular weight excluding hydrogens is 743 g/mol. The van der Waals surface area contributed by atoms with Gasteiger partial charge in [-0.1, -0.05) is 153 Å². The van der Waals surface area contributed by atoms with Crippen LogP contribution in [0.5, 0.6) is 0 Å². The number of nitrogens with zero attached hydrogens (tertiary/aromatic N) is 1. The lowest BCUT2D eigenvalue weighted by Crippen LogP contribution is -2.28. The molecule has 0 saturated carbocycles. The van der Waals surface area contributed by atoms with E-state index in [2.05, 4.69) is 207 Å². The fraction of sp³-hybridized carbons (Fsp3) is 0.0690. The van der Waals surface area contributed by atoms with Crippen molar-refractivity contribution >= 4 is 60.9 Å². The second-order valence-electron chi connectivity index (χ2n) is 17.2. The smallest absolute Gasteiger partial charge is 0.137 e. The van der Waals surface area contributed by atoms with E-state index in [0.29, 0.717) is 0 Å². The van der Waals surface area contributed by atoms with Gasteiger partial charge in [-0.3, -0.25) is 0 Å². The van der Waals surface area contributed by atoms with E-state index in [1.165, 1.54) is 55.6 Å². The molecule has 0 amide bonds. The molecule has 0 N–H and O–H groups in total. The van der Waals surface area contributed by atoms with Crippen LogP contribution in [0, 0.1) is 0 Å². The van der Waals surface area contributed by atoms with E-state index in [0.717, 1.165) is 60.9 Å². The molecule has 0 saturated heterocycles. The third-order valence-corrected chi connectivity index (χ3v) is 13.7. The van der Waals surface area contributed by atoms with Crippen molar-refractivity contribution in [2.45, 2.75) is 24.7 Å². The number of hydrogen-bond donors (Lipinski definition) is 0. The Hall–Kier alpha value is -7.62. The summed E-state index contributed by atoms with van der Waals surface area (Å²) in [7, 11) is 0. The van der Waals surface area contributed by atoms with E-state index in [4.69, 9.17) is 8.83 Å². The Morgan fingerprint density at radius 3 is 1.67 bits per heavy atom. The average molecular weight is 782 g/mol. The molecule has 13 rings (SSSR count). The Balaban J connectivity index is 1.03. The first-order valence-corrected chi connectivity index (χ1v) is 21.2. The molecule has 2 aliphatic rings. The van der Waals surface area contributed by atoms with Gasteiger partial charge in [0.25, 0.3) is 0 Å². The fourth-order valence-corrected chi connectivity index (χ4v) is 11.1. The summed E-state index contributed by atoms with van der Waals surface area (Å²) in [5.74, 6) is 0. The van der Waals surface area contributed by atoms with Gasteiger partial charge in [-0.2, -0.15) is 0 Å². The van der Waals surface area contributed by atoms with Crippen LogP contribution in [0.15, 0.2) is 209 Å². The number of anilines is 3. The monoisotopic (exact) mass is 781 g/mol. The minimum atomic E-state index is -0.489. The quantitative estimate of drug-likeness (QED) is 0.174. The third-order valence-electron chi connectivity index (χ3n) is 13.7. The maximum absolute atomic E-state index is 6.87. The number of fused-ring (bicyclic) bond motifs is 12. The molecule has 288 valence electrons. The second kappa shape index (κ2) is 12.5. The SMILES string of the molecule is CC1(C)c2ccccc2-c2cccc(N(c3ccc4c(c3)oc3ccc(C5(c6ccccc6)c6ccccc6-c6ccccc65)cc34)c3ccc4oc5ccccc5c4c3)c21. The van der Waals surface area contributed by atoms with E-state index in [1.807, 2.05) is 12.1 Å². The van der Waals surface area contributed by atoms with Crippen molar-refractivity contribution in [1.82, 2.24) is 0 Å². The normalized spacial score (nSPS) is 14.3. The average Bonchev–Trinajstić information content (AvgIpc) is 4.02. The lowest BCUT2D eigenvalue weighted by atomic mass is 9.67. The number of para-hydroxylation sites is 1. The Bertz CT molecular complexity index is 3540. The van der Waals surface area contributed by atoms with E-state index in [9.17, 15) is 0 Å². The summed E-state index contributed by atoms with van der Waals surface area (Å²) >= 11 is 0. The zero-order valence-electron chi connectivity index (χ0n) is 33.8. The lowest BCUT2D eigenvalue weighted by molar-refractivity contribution is 0.660. The fourth-order valence-electron chi connectivity index (χ4n) is 11.1.